The molecule has 0 radical (unpaired) electrons. The highest BCUT2D eigenvalue weighted by Gasteiger charge is 2.30. The highest BCUT2D eigenvalue weighted by atomic mass is 16.2. The first kappa shape index (κ1) is 17.1. The summed E-state index contributed by atoms with van der Waals surface area (Å²) in [4.78, 5) is 36.7. The number of nitrogens with zero attached hydrogens (tertiary/aromatic N) is 6. The quantitative estimate of drug-likeness (QED) is 0.702. The molecule has 3 aromatic heterocycles. The molecule has 0 N–H and O–H groups in total. The molecule has 0 unspecified atom stereocenters. The number of hydrogen-bond acceptors (Lipinski definition) is 5. The van der Waals surface area contributed by atoms with Gasteiger partial charge in [0.1, 0.15) is 5.56 Å². The van der Waals surface area contributed by atoms with Gasteiger partial charge in [0.05, 0.1) is 11.9 Å². The second-order valence-electron chi connectivity index (χ2n) is 6.84. The van der Waals surface area contributed by atoms with Crippen LogP contribution in [-0.2, 0) is 0 Å². The Morgan fingerprint density at radius 3 is 2.67 bits per heavy atom. The van der Waals surface area contributed by atoms with Crippen molar-refractivity contribution >= 4 is 17.5 Å². The fraction of sp³-hybridized carbons (Fsp3) is 0.316. The van der Waals surface area contributed by atoms with Crippen molar-refractivity contribution in [3.8, 4) is 0 Å². The lowest BCUT2D eigenvalue weighted by atomic mass is 10.0. The molecule has 4 heterocycles. The molecule has 1 saturated heterocycles. The van der Waals surface area contributed by atoms with Crippen molar-refractivity contribution in [2.24, 2.45) is 0 Å². The van der Waals surface area contributed by atoms with Crippen LogP contribution in [0.4, 0.5) is 0 Å². The maximum Gasteiger partial charge on any atom is 0.258 e. The Morgan fingerprint density at radius 2 is 1.93 bits per heavy atom. The van der Waals surface area contributed by atoms with E-state index in [-0.39, 0.29) is 17.7 Å². The van der Waals surface area contributed by atoms with Gasteiger partial charge >= 0.3 is 0 Å². The van der Waals surface area contributed by atoms with Crippen LogP contribution in [-0.4, -0.2) is 68.4 Å². The van der Waals surface area contributed by atoms with Gasteiger partial charge in [0.15, 0.2) is 5.65 Å². The van der Waals surface area contributed by atoms with Crippen molar-refractivity contribution in [2.45, 2.75) is 12.3 Å². The summed E-state index contributed by atoms with van der Waals surface area (Å²) in [6.07, 6.45) is 7.35. The lowest BCUT2D eigenvalue weighted by molar-refractivity contribution is 0.0789. The van der Waals surface area contributed by atoms with Crippen LogP contribution in [0.3, 0.4) is 0 Å². The minimum atomic E-state index is -0.129. The Morgan fingerprint density at radius 1 is 1.15 bits per heavy atom. The molecule has 0 saturated carbocycles. The number of amides is 2. The molecule has 8 nitrogen and oxygen atoms in total. The van der Waals surface area contributed by atoms with Crippen LogP contribution in [0.5, 0.6) is 0 Å². The van der Waals surface area contributed by atoms with Crippen molar-refractivity contribution in [2.75, 3.05) is 27.2 Å². The number of rotatable bonds is 3. The van der Waals surface area contributed by atoms with E-state index in [1.165, 1.54) is 4.90 Å². The van der Waals surface area contributed by atoms with Gasteiger partial charge in [-0.25, -0.2) is 9.50 Å². The van der Waals surface area contributed by atoms with Crippen molar-refractivity contribution in [3.63, 3.8) is 0 Å². The number of carbonyl (C=O) groups excluding carboxylic acids is 2. The molecule has 8 heteroatoms. The highest BCUT2D eigenvalue weighted by Crippen LogP contribution is 2.28. The monoisotopic (exact) mass is 364 g/mol. The van der Waals surface area contributed by atoms with E-state index in [0.717, 1.165) is 12.1 Å². The van der Waals surface area contributed by atoms with E-state index in [0.29, 0.717) is 29.9 Å². The molecule has 0 spiro atoms. The second kappa shape index (κ2) is 6.79. The minimum absolute atomic E-state index is 0.00846. The van der Waals surface area contributed by atoms with Crippen LogP contribution >= 0.6 is 0 Å². The normalized spacial score (nSPS) is 16.7. The summed E-state index contributed by atoms with van der Waals surface area (Å²) in [5, 5.41) is 4.39. The Labute approximate surface area is 156 Å². The largest absolute Gasteiger partial charge is 0.345 e. The number of fused-ring (bicyclic) bond motifs is 1. The molecule has 27 heavy (non-hydrogen) atoms. The fourth-order valence-corrected chi connectivity index (χ4v) is 3.47. The highest BCUT2D eigenvalue weighted by molar-refractivity contribution is 5.99. The van der Waals surface area contributed by atoms with Gasteiger partial charge in [0, 0.05) is 57.3 Å². The Balaban J connectivity index is 1.61. The average molecular weight is 364 g/mol. The van der Waals surface area contributed by atoms with Gasteiger partial charge in [-0.05, 0) is 24.6 Å². The molecule has 1 atom stereocenters. The molecular weight excluding hydrogens is 344 g/mol. The molecule has 138 valence electrons. The molecule has 1 aliphatic rings. The number of likely N-dealkylation sites (tertiary alicyclic amines) is 1. The predicted molar refractivity (Wildman–Crippen MR) is 98.5 cm³/mol. The zero-order valence-corrected chi connectivity index (χ0v) is 15.2. The van der Waals surface area contributed by atoms with E-state index in [1.54, 1.807) is 55.5 Å². The predicted octanol–water partition coefficient (Wildman–Crippen LogP) is 1.46. The fourth-order valence-electron chi connectivity index (χ4n) is 3.47. The van der Waals surface area contributed by atoms with Gasteiger partial charge < -0.3 is 9.80 Å². The first-order chi connectivity index (χ1) is 13.1. The minimum Gasteiger partial charge on any atom is -0.345 e. The van der Waals surface area contributed by atoms with Crippen molar-refractivity contribution in [3.05, 3.63) is 59.8 Å². The summed E-state index contributed by atoms with van der Waals surface area (Å²) in [6, 6.07) is 5.37. The topological polar surface area (TPSA) is 83.7 Å². The lowest BCUT2D eigenvalue weighted by Gasteiger charge is -2.17. The van der Waals surface area contributed by atoms with Crippen molar-refractivity contribution in [1.82, 2.24) is 29.4 Å². The summed E-state index contributed by atoms with van der Waals surface area (Å²) in [5.74, 6) is 0.0215. The Hall–Kier alpha value is -3.29. The van der Waals surface area contributed by atoms with E-state index in [9.17, 15) is 9.59 Å². The third kappa shape index (κ3) is 3.03. The average Bonchev–Trinajstić information content (AvgIpc) is 3.34. The van der Waals surface area contributed by atoms with Gasteiger partial charge in [-0.15, -0.1) is 0 Å². The SMILES string of the molecule is CN(C)C(=O)c1cnn2c([C@@H]3CCN(C(=O)c4ccncc4)C3)ccnc12. The van der Waals surface area contributed by atoms with Crippen LogP contribution in [0.2, 0.25) is 0 Å². The summed E-state index contributed by atoms with van der Waals surface area (Å²) >= 11 is 0. The van der Waals surface area contributed by atoms with Crippen LogP contribution in [0.1, 0.15) is 38.7 Å². The molecule has 0 aromatic carbocycles. The van der Waals surface area contributed by atoms with E-state index < -0.39 is 0 Å². The zero-order chi connectivity index (χ0) is 19.0. The molecule has 1 fully saturated rings. The Kier molecular flexibility index (Phi) is 4.31. The summed E-state index contributed by atoms with van der Waals surface area (Å²) in [7, 11) is 3.41. The first-order valence-corrected chi connectivity index (χ1v) is 8.80. The maximum absolute atomic E-state index is 12.7. The van der Waals surface area contributed by atoms with Crippen molar-refractivity contribution in [1.29, 1.82) is 0 Å². The maximum atomic E-state index is 12.7. The van der Waals surface area contributed by atoms with Gasteiger partial charge in [-0.1, -0.05) is 0 Å². The van der Waals surface area contributed by atoms with Gasteiger partial charge in [-0.2, -0.15) is 5.10 Å². The van der Waals surface area contributed by atoms with Gasteiger partial charge in [0.25, 0.3) is 11.8 Å². The third-order valence-corrected chi connectivity index (χ3v) is 4.89. The third-order valence-electron chi connectivity index (χ3n) is 4.89. The summed E-state index contributed by atoms with van der Waals surface area (Å²) < 4.78 is 1.72. The number of pyridine rings is 1. The Bertz CT molecular complexity index is 998. The van der Waals surface area contributed by atoms with Crippen LogP contribution in [0.25, 0.3) is 5.65 Å². The van der Waals surface area contributed by atoms with Crippen LogP contribution < -0.4 is 0 Å². The summed E-state index contributed by atoms with van der Waals surface area (Å²) in [6.45, 7) is 1.29. The summed E-state index contributed by atoms with van der Waals surface area (Å²) in [5.41, 5.74) is 2.63. The smallest absolute Gasteiger partial charge is 0.258 e. The second-order valence-corrected chi connectivity index (χ2v) is 6.84. The molecule has 0 bridgehead atoms. The standard InChI is InChI=1S/C19H20N6O2/c1-23(2)19(27)15-11-22-25-16(5-9-21-17(15)25)14-6-10-24(12-14)18(26)13-3-7-20-8-4-13/h3-5,7-9,11,14H,6,10,12H2,1-2H3/t14-/m1/s1. The van der Waals surface area contributed by atoms with E-state index >= 15 is 0 Å². The number of hydrogen-bond donors (Lipinski definition) is 0. The molecule has 4 rings (SSSR count). The van der Waals surface area contributed by atoms with Crippen LogP contribution in [0, 0.1) is 0 Å². The van der Waals surface area contributed by atoms with Crippen molar-refractivity contribution < 1.29 is 9.59 Å². The van der Waals surface area contributed by atoms with Gasteiger partial charge in [0.2, 0.25) is 0 Å². The molecule has 3 aromatic rings. The zero-order valence-electron chi connectivity index (χ0n) is 15.2. The molecule has 1 aliphatic heterocycles. The molecular formula is C19H20N6O2. The lowest BCUT2D eigenvalue weighted by Crippen LogP contribution is -2.28. The number of carbonyl (C=O) groups is 2. The number of aromatic nitrogens is 4. The first-order valence-electron chi connectivity index (χ1n) is 8.80. The molecule has 0 aliphatic carbocycles. The van der Waals surface area contributed by atoms with Gasteiger partial charge in [-0.3, -0.25) is 14.6 Å². The molecule has 2 amide bonds. The van der Waals surface area contributed by atoms with E-state index in [1.807, 2.05) is 11.0 Å². The van der Waals surface area contributed by atoms with E-state index in [4.69, 9.17) is 0 Å². The van der Waals surface area contributed by atoms with Crippen LogP contribution in [0.15, 0.2) is 43.0 Å². The van der Waals surface area contributed by atoms with E-state index in [2.05, 4.69) is 15.1 Å².